The van der Waals surface area contributed by atoms with E-state index < -0.39 is 41.8 Å². The van der Waals surface area contributed by atoms with Crippen LogP contribution >= 0.6 is 0 Å². The summed E-state index contributed by atoms with van der Waals surface area (Å²) in [7, 11) is -9.55. The third-order valence-corrected chi connectivity index (χ3v) is 7.23. The Morgan fingerprint density at radius 2 is 1.50 bits per heavy atom. The molecule has 0 saturated carbocycles. The fourth-order valence-electron chi connectivity index (χ4n) is 2.45. The van der Waals surface area contributed by atoms with Gasteiger partial charge in [-0.3, -0.25) is 0 Å². The molecule has 144 valence electrons. The van der Waals surface area contributed by atoms with Crippen molar-refractivity contribution in [3.63, 3.8) is 0 Å². The molecular weight excluding hydrogens is 421 g/mol. The van der Waals surface area contributed by atoms with Crippen molar-refractivity contribution >= 4 is 32.0 Å². The molecule has 0 radical (unpaired) electrons. The molecule has 0 aromatic heterocycles. The molecule has 2 aromatic rings. The van der Waals surface area contributed by atoms with Gasteiger partial charge in [-0.15, -0.1) is 0 Å². The van der Waals surface area contributed by atoms with E-state index in [1.807, 2.05) is 0 Å². The van der Waals surface area contributed by atoms with Gasteiger partial charge in [0.1, 0.15) is 20.0 Å². The predicted octanol–water partition coefficient (Wildman–Crippen LogP) is -0.845. The average Bonchev–Trinajstić information content (AvgIpc) is 2.53. The number of carboxylic acids is 2. The first-order valence-corrected chi connectivity index (χ1v) is 10.2. The summed E-state index contributed by atoms with van der Waals surface area (Å²) in [4.78, 5) is 21.1. The molecule has 0 aliphatic rings. The molecule has 0 aliphatic heterocycles. The molecule has 12 heteroatoms. The SMILES string of the molecule is Cc1ccc(C(=O)O)c(C)c1S(=O)(=O)[N-]S(=O)(=O)c1cccc(C(=O)O)c1.[Na+]. The van der Waals surface area contributed by atoms with Crippen LogP contribution in [0.4, 0.5) is 0 Å². The van der Waals surface area contributed by atoms with Crippen molar-refractivity contribution in [2.24, 2.45) is 0 Å². The van der Waals surface area contributed by atoms with Crippen molar-refractivity contribution in [3.05, 3.63) is 62.8 Å². The number of sulfonamides is 2. The van der Waals surface area contributed by atoms with Crippen molar-refractivity contribution in [3.8, 4) is 0 Å². The largest absolute Gasteiger partial charge is 1.00 e. The minimum Gasteiger partial charge on any atom is -0.478 e. The summed E-state index contributed by atoms with van der Waals surface area (Å²) in [5.74, 6) is -2.77. The third kappa shape index (κ3) is 4.99. The van der Waals surface area contributed by atoms with Gasteiger partial charge in [-0.2, -0.15) is 0 Å². The van der Waals surface area contributed by atoms with E-state index in [1.165, 1.54) is 26.0 Å². The molecule has 0 fully saturated rings. The second-order valence-electron chi connectivity index (χ2n) is 5.55. The Labute approximate surface area is 183 Å². The van der Waals surface area contributed by atoms with E-state index in [0.29, 0.717) is 0 Å². The van der Waals surface area contributed by atoms with Gasteiger partial charge in [-0.1, -0.05) is 12.1 Å². The number of aryl methyl sites for hydroxylation is 1. The Kier molecular flexibility index (Phi) is 7.56. The molecule has 0 amide bonds. The zero-order chi connectivity index (χ0) is 20.6. The normalized spacial score (nSPS) is 11.5. The number of hydrogen-bond acceptors (Lipinski definition) is 6. The number of benzene rings is 2. The molecule has 28 heavy (non-hydrogen) atoms. The summed E-state index contributed by atoms with van der Waals surface area (Å²) in [5.41, 5.74) is -0.694. The van der Waals surface area contributed by atoms with Crippen LogP contribution < -0.4 is 29.6 Å². The van der Waals surface area contributed by atoms with Crippen LogP contribution in [0.1, 0.15) is 31.8 Å². The smallest absolute Gasteiger partial charge is 0.478 e. The Morgan fingerprint density at radius 3 is 2.04 bits per heavy atom. The molecule has 2 rings (SSSR count). The van der Waals surface area contributed by atoms with Crippen LogP contribution in [-0.4, -0.2) is 39.0 Å². The first kappa shape index (κ1) is 24.3. The van der Waals surface area contributed by atoms with E-state index in [2.05, 4.69) is 4.13 Å². The van der Waals surface area contributed by atoms with E-state index in [-0.39, 0.29) is 51.8 Å². The second kappa shape index (κ2) is 8.72. The monoisotopic (exact) mass is 435 g/mol. The van der Waals surface area contributed by atoms with Gasteiger partial charge in [0, 0.05) is 4.90 Å². The standard InChI is InChI=1S/C16H14NO8S2.Na/c1-9-6-7-13(16(20)21)10(2)14(9)27(24,25)17-26(22,23)12-5-3-4-11(8-12)15(18)19;/h3-8H,1-2H3,(H,18,19)(H,20,21);/q-1;+1. The van der Waals surface area contributed by atoms with Crippen LogP contribution in [0.3, 0.4) is 0 Å². The quantitative estimate of drug-likeness (QED) is 0.556. The number of aromatic carboxylic acids is 2. The Bertz CT molecular complexity index is 1160. The summed E-state index contributed by atoms with van der Waals surface area (Å²) in [5, 5.41) is 18.1. The number of nitrogens with zero attached hydrogens (tertiary/aromatic N) is 1. The summed E-state index contributed by atoms with van der Waals surface area (Å²) >= 11 is 0. The molecule has 2 N–H and O–H groups in total. The van der Waals surface area contributed by atoms with Crippen LogP contribution in [0.2, 0.25) is 0 Å². The van der Waals surface area contributed by atoms with Crippen LogP contribution in [0.25, 0.3) is 4.13 Å². The minimum atomic E-state index is -4.79. The maximum absolute atomic E-state index is 12.6. The molecule has 0 unspecified atom stereocenters. The molecule has 0 aliphatic carbocycles. The van der Waals surface area contributed by atoms with E-state index in [9.17, 15) is 26.4 Å². The van der Waals surface area contributed by atoms with Gasteiger partial charge in [0.25, 0.3) is 0 Å². The van der Waals surface area contributed by atoms with Crippen molar-refractivity contribution in [2.75, 3.05) is 0 Å². The van der Waals surface area contributed by atoms with Gasteiger partial charge < -0.3 is 14.3 Å². The fraction of sp³-hybridized carbons (Fsp3) is 0.125. The molecule has 0 heterocycles. The van der Waals surface area contributed by atoms with Gasteiger partial charge in [0.2, 0.25) is 0 Å². The summed E-state index contributed by atoms with van der Waals surface area (Å²) in [6.07, 6.45) is 0. The number of carboxylic acid groups (broad SMARTS) is 2. The fourth-order valence-corrected chi connectivity index (χ4v) is 5.63. The molecule has 2 aromatic carbocycles. The molecule has 0 spiro atoms. The Hall–Kier alpha value is -1.76. The van der Waals surface area contributed by atoms with Gasteiger partial charge in [0.05, 0.1) is 16.0 Å². The van der Waals surface area contributed by atoms with E-state index >= 15 is 0 Å². The number of carbonyl (C=O) groups is 2. The second-order valence-corrected chi connectivity index (χ2v) is 8.92. The van der Waals surface area contributed by atoms with Crippen molar-refractivity contribution in [2.45, 2.75) is 23.6 Å². The molecule has 0 atom stereocenters. The minimum absolute atomic E-state index is 0. The predicted molar refractivity (Wildman–Crippen MR) is 94.0 cm³/mol. The maximum atomic E-state index is 12.6. The average molecular weight is 435 g/mol. The van der Waals surface area contributed by atoms with Gasteiger partial charge in [0.15, 0.2) is 0 Å². The number of hydrogen-bond donors (Lipinski definition) is 2. The molecule has 0 saturated heterocycles. The van der Waals surface area contributed by atoms with Crippen LogP contribution in [0.15, 0.2) is 46.2 Å². The topological polar surface area (TPSA) is 157 Å². The van der Waals surface area contributed by atoms with E-state index in [0.717, 1.165) is 24.3 Å². The maximum Gasteiger partial charge on any atom is 1.00 e. The van der Waals surface area contributed by atoms with E-state index in [4.69, 9.17) is 10.2 Å². The van der Waals surface area contributed by atoms with Crippen LogP contribution in [-0.2, 0) is 20.0 Å². The zero-order valence-electron chi connectivity index (χ0n) is 15.1. The van der Waals surface area contributed by atoms with Gasteiger partial charge >= 0.3 is 41.5 Å². The molecule has 0 bridgehead atoms. The summed E-state index contributed by atoms with van der Waals surface area (Å²) in [6, 6.07) is 6.51. The Balaban J connectivity index is 0.00000392. The summed E-state index contributed by atoms with van der Waals surface area (Å²) < 4.78 is 52.9. The summed E-state index contributed by atoms with van der Waals surface area (Å²) in [6.45, 7) is 2.61. The first-order chi connectivity index (χ1) is 12.4. The third-order valence-electron chi connectivity index (χ3n) is 3.67. The van der Waals surface area contributed by atoms with Crippen LogP contribution in [0, 0.1) is 13.8 Å². The molecular formula is C16H14NNaO8S2. The zero-order valence-corrected chi connectivity index (χ0v) is 18.7. The van der Waals surface area contributed by atoms with Crippen molar-refractivity contribution in [1.29, 1.82) is 0 Å². The Morgan fingerprint density at radius 1 is 0.893 bits per heavy atom. The molecule has 9 nitrogen and oxygen atoms in total. The van der Waals surface area contributed by atoms with Crippen molar-refractivity contribution < 1.29 is 66.2 Å². The van der Waals surface area contributed by atoms with Crippen LogP contribution in [0.5, 0.6) is 0 Å². The van der Waals surface area contributed by atoms with E-state index in [1.54, 1.807) is 0 Å². The van der Waals surface area contributed by atoms with Gasteiger partial charge in [-0.05, 0) is 49.2 Å². The number of rotatable bonds is 6. The van der Waals surface area contributed by atoms with Gasteiger partial charge in [-0.25, -0.2) is 26.4 Å². The van der Waals surface area contributed by atoms with Crippen molar-refractivity contribution in [1.82, 2.24) is 0 Å². The first-order valence-electron chi connectivity index (χ1n) is 7.28.